The first-order chi connectivity index (χ1) is 7.93. The van der Waals surface area contributed by atoms with E-state index in [0.717, 1.165) is 0 Å². The summed E-state index contributed by atoms with van der Waals surface area (Å²) in [5, 5.41) is 9.01. The molecule has 5 heteroatoms. The Bertz CT molecular complexity index is 440. The first kappa shape index (κ1) is 14.0. The van der Waals surface area contributed by atoms with E-state index in [1.807, 2.05) is 36.4 Å². The van der Waals surface area contributed by atoms with Crippen molar-refractivity contribution >= 4 is 34.5 Å². The number of carbonyl (C=O) groups is 2. The van der Waals surface area contributed by atoms with E-state index in [9.17, 15) is 9.59 Å². The Hall–Kier alpha value is -1.11. The summed E-state index contributed by atoms with van der Waals surface area (Å²) in [7, 11) is 0. The zero-order valence-corrected chi connectivity index (χ0v) is 11.7. The lowest BCUT2D eigenvalue weighted by Crippen LogP contribution is -2.15. The van der Waals surface area contributed by atoms with Crippen molar-refractivity contribution in [1.82, 2.24) is 0 Å². The van der Waals surface area contributed by atoms with Crippen LogP contribution in [-0.4, -0.2) is 23.7 Å². The van der Waals surface area contributed by atoms with Gasteiger partial charge < -0.3 is 9.84 Å². The highest BCUT2D eigenvalue weighted by Crippen LogP contribution is 2.18. The van der Waals surface area contributed by atoms with Crippen LogP contribution >= 0.6 is 22.6 Å². The third-order valence-corrected chi connectivity index (χ3v) is 2.89. The number of hydrogen-bond donors (Lipinski definition) is 1. The molecule has 0 heterocycles. The van der Waals surface area contributed by atoms with Gasteiger partial charge in [-0.25, -0.2) is 9.59 Å². The van der Waals surface area contributed by atoms with Gasteiger partial charge in [-0.3, -0.25) is 0 Å². The maximum absolute atomic E-state index is 11.8. The molecule has 0 saturated heterocycles. The predicted molar refractivity (Wildman–Crippen MR) is 71.2 cm³/mol. The summed E-state index contributed by atoms with van der Waals surface area (Å²) < 4.78 is 5.63. The quantitative estimate of drug-likeness (QED) is 0.671. The molecule has 1 aromatic carbocycles. The van der Waals surface area contributed by atoms with E-state index in [1.54, 1.807) is 12.1 Å². The number of ether oxygens (including phenoxy) is 1. The van der Waals surface area contributed by atoms with E-state index in [0.29, 0.717) is 3.57 Å². The monoisotopic (exact) mass is 348 g/mol. The lowest BCUT2D eigenvalue weighted by molar-refractivity contribution is 0.0449. The smallest absolute Gasteiger partial charge is 0.340 e. The van der Waals surface area contributed by atoms with Gasteiger partial charge in [-0.15, -0.1) is 0 Å². The molecule has 0 spiro atoms. The van der Waals surface area contributed by atoms with Gasteiger partial charge in [-0.2, -0.15) is 0 Å². The molecule has 92 valence electrons. The molecule has 1 N–H and O–H groups in total. The van der Waals surface area contributed by atoms with Gasteiger partial charge in [-0.1, -0.05) is 19.9 Å². The molecule has 0 unspecified atom stereocenters. The molecular formula is C12H13IO4. The van der Waals surface area contributed by atoms with Crippen molar-refractivity contribution in [3.8, 4) is 0 Å². The minimum atomic E-state index is -1.12. The molecule has 0 bridgehead atoms. The fourth-order valence-electron chi connectivity index (χ4n) is 1.22. The van der Waals surface area contributed by atoms with Crippen molar-refractivity contribution in [3.05, 3.63) is 32.9 Å². The van der Waals surface area contributed by atoms with Crippen LogP contribution in [0.5, 0.6) is 0 Å². The van der Waals surface area contributed by atoms with E-state index in [-0.39, 0.29) is 23.7 Å². The summed E-state index contributed by atoms with van der Waals surface area (Å²) in [5.41, 5.74) is 0.104. The minimum absolute atomic E-state index is 0.0225. The van der Waals surface area contributed by atoms with Crippen LogP contribution in [0.3, 0.4) is 0 Å². The molecule has 0 fully saturated rings. The van der Waals surface area contributed by atoms with Gasteiger partial charge >= 0.3 is 11.9 Å². The first-order valence-electron chi connectivity index (χ1n) is 5.12. The molecule has 1 rings (SSSR count). The van der Waals surface area contributed by atoms with Crippen molar-refractivity contribution in [2.75, 3.05) is 6.61 Å². The molecule has 0 aliphatic carbocycles. The van der Waals surface area contributed by atoms with Crippen LogP contribution in [-0.2, 0) is 4.74 Å². The van der Waals surface area contributed by atoms with Gasteiger partial charge in [0.05, 0.1) is 17.7 Å². The highest BCUT2D eigenvalue weighted by atomic mass is 127. The summed E-state index contributed by atoms with van der Waals surface area (Å²) in [4.78, 5) is 22.8. The van der Waals surface area contributed by atoms with E-state index in [4.69, 9.17) is 9.84 Å². The van der Waals surface area contributed by atoms with Gasteiger partial charge in [0.2, 0.25) is 0 Å². The molecule has 0 atom stereocenters. The van der Waals surface area contributed by atoms with Crippen LogP contribution in [0.1, 0.15) is 34.6 Å². The molecule has 0 amide bonds. The molecule has 0 aromatic heterocycles. The van der Waals surface area contributed by atoms with Gasteiger partial charge in [0.25, 0.3) is 0 Å². The number of halogens is 1. The predicted octanol–water partition coefficient (Wildman–Crippen LogP) is 2.80. The number of aromatic carboxylic acids is 1. The number of carbonyl (C=O) groups excluding carboxylic acids is 1. The lowest BCUT2D eigenvalue weighted by Gasteiger charge is -2.10. The van der Waals surface area contributed by atoms with Crippen LogP contribution in [0.4, 0.5) is 0 Å². The van der Waals surface area contributed by atoms with E-state index in [2.05, 4.69) is 0 Å². The Labute approximate surface area is 113 Å². The highest BCUT2D eigenvalue weighted by molar-refractivity contribution is 14.1. The minimum Gasteiger partial charge on any atom is -0.478 e. The Morgan fingerprint density at radius 2 is 2.06 bits per heavy atom. The third-order valence-electron chi connectivity index (χ3n) is 2.00. The second-order valence-corrected chi connectivity index (χ2v) is 5.12. The molecule has 17 heavy (non-hydrogen) atoms. The number of carboxylic acid groups (broad SMARTS) is 1. The van der Waals surface area contributed by atoms with Crippen LogP contribution in [0.15, 0.2) is 18.2 Å². The number of carboxylic acids is 1. The van der Waals surface area contributed by atoms with Crippen molar-refractivity contribution in [2.45, 2.75) is 13.8 Å². The maximum atomic E-state index is 11.8. The second-order valence-electron chi connectivity index (χ2n) is 3.96. The summed E-state index contributed by atoms with van der Waals surface area (Å²) in [5.74, 6) is -1.49. The standard InChI is InChI=1S/C12H13IO4/c1-7(2)6-17-12(16)10-8(11(14)15)4-3-5-9(10)13/h3-5,7H,6H2,1-2H3,(H,14,15). The third kappa shape index (κ3) is 3.69. The number of hydrogen-bond acceptors (Lipinski definition) is 3. The Morgan fingerprint density at radius 1 is 1.41 bits per heavy atom. The molecule has 0 aliphatic heterocycles. The number of benzene rings is 1. The van der Waals surface area contributed by atoms with E-state index >= 15 is 0 Å². The summed E-state index contributed by atoms with van der Waals surface area (Å²) >= 11 is 1.93. The molecular weight excluding hydrogens is 335 g/mol. The van der Waals surface area contributed by atoms with Crippen molar-refractivity contribution in [3.63, 3.8) is 0 Å². The molecule has 0 radical (unpaired) electrons. The summed E-state index contributed by atoms with van der Waals surface area (Å²) in [6.07, 6.45) is 0. The maximum Gasteiger partial charge on any atom is 0.340 e. The van der Waals surface area contributed by atoms with Gasteiger partial charge in [-0.05, 0) is 40.6 Å². The fourth-order valence-corrected chi connectivity index (χ4v) is 1.94. The zero-order valence-electron chi connectivity index (χ0n) is 9.57. The average Bonchev–Trinajstić information content (AvgIpc) is 2.25. The molecule has 1 aromatic rings. The van der Waals surface area contributed by atoms with Crippen molar-refractivity contribution < 1.29 is 19.4 Å². The zero-order chi connectivity index (χ0) is 13.0. The highest BCUT2D eigenvalue weighted by Gasteiger charge is 2.20. The van der Waals surface area contributed by atoms with E-state index < -0.39 is 11.9 Å². The van der Waals surface area contributed by atoms with Gasteiger partial charge in [0.1, 0.15) is 0 Å². The first-order valence-corrected chi connectivity index (χ1v) is 6.20. The number of esters is 1. The lowest BCUT2D eigenvalue weighted by atomic mass is 10.1. The molecule has 4 nitrogen and oxygen atoms in total. The SMILES string of the molecule is CC(C)COC(=O)c1c(I)cccc1C(=O)O. The Kier molecular flexibility index (Phi) is 4.92. The van der Waals surface area contributed by atoms with Crippen LogP contribution in [0.2, 0.25) is 0 Å². The average molecular weight is 348 g/mol. The van der Waals surface area contributed by atoms with E-state index in [1.165, 1.54) is 6.07 Å². The number of rotatable bonds is 4. The summed E-state index contributed by atoms with van der Waals surface area (Å²) in [6, 6.07) is 4.68. The van der Waals surface area contributed by atoms with Crippen LogP contribution in [0.25, 0.3) is 0 Å². The Morgan fingerprint density at radius 3 is 2.59 bits per heavy atom. The summed E-state index contributed by atoms with van der Waals surface area (Å²) in [6.45, 7) is 4.12. The van der Waals surface area contributed by atoms with Gasteiger partial charge in [0.15, 0.2) is 0 Å². The molecule has 0 aliphatic rings. The molecule has 0 saturated carbocycles. The largest absolute Gasteiger partial charge is 0.478 e. The topological polar surface area (TPSA) is 63.6 Å². The van der Waals surface area contributed by atoms with Gasteiger partial charge in [0, 0.05) is 3.57 Å². The van der Waals surface area contributed by atoms with Crippen molar-refractivity contribution in [2.24, 2.45) is 5.92 Å². The Balaban J connectivity index is 3.03. The van der Waals surface area contributed by atoms with Crippen molar-refractivity contribution in [1.29, 1.82) is 0 Å². The fraction of sp³-hybridized carbons (Fsp3) is 0.333. The van der Waals surface area contributed by atoms with Crippen LogP contribution in [0, 0.1) is 9.49 Å². The van der Waals surface area contributed by atoms with Crippen LogP contribution < -0.4 is 0 Å². The second kappa shape index (κ2) is 6.00. The normalized spacial score (nSPS) is 10.4.